The number of rotatable bonds is 11. The first-order valence-corrected chi connectivity index (χ1v) is 14.8. The molecule has 0 radical (unpaired) electrons. The number of amides is 1. The number of benzene rings is 2. The van der Waals surface area contributed by atoms with E-state index in [9.17, 15) is 9.18 Å². The molecule has 2 N–H and O–H groups in total. The van der Waals surface area contributed by atoms with E-state index in [4.69, 9.17) is 34.0 Å². The standard InChI is InChI=1S/C30H41FN2O4.C2H2O4/c1-23(2)22-37-28-10-6-24(7-11-28)20-29(34)33(21-25-4-8-26(31)9-5-25)27-12-15-32(16-13-27)17-14-30-35-18-3-19-36-30;3-1(4)2(5)6/h4-11,23,27,30H,3,12-22H2,1-2H3;(H,3,4)(H,5,6). The van der Waals surface area contributed by atoms with Gasteiger partial charge >= 0.3 is 11.9 Å². The van der Waals surface area contributed by atoms with Crippen LogP contribution in [0.2, 0.25) is 0 Å². The number of aliphatic carboxylic acids is 2. The number of carbonyl (C=O) groups is 3. The van der Waals surface area contributed by atoms with E-state index in [-0.39, 0.29) is 24.1 Å². The average Bonchev–Trinajstić information content (AvgIpc) is 3.00. The van der Waals surface area contributed by atoms with Crippen molar-refractivity contribution in [1.29, 1.82) is 0 Å². The zero-order chi connectivity index (χ0) is 31.2. The molecule has 2 aromatic rings. The Bertz CT molecular complexity index is 1130. The van der Waals surface area contributed by atoms with Crippen LogP contribution in [0.25, 0.3) is 0 Å². The molecule has 0 spiro atoms. The van der Waals surface area contributed by atoms with E-state index in [1.54, 1.807) is 12.1 Å². The maximum absolute atomic E-state index is 13.6. The SMILES string of the molecule is CC(C)COc1ccc(CC(=O)N(Cc2ccc(F)cc2)C2CCN(CCC3OCCCO3)CC2)cc1.O=C(O)C(=O)O. The second kappa shape index (κ2) is 17.5. The zero-order valence-corrected chi connectivity index (χ0v) is 25.0. The van der Waals surface area contributed by atoms with E-state index in [1.807, 2.05) is 29.2 Å². The van der Waals surface area contributed by atoms with Gasteiger partial charge in [-0.1, -0.05) is 38.1 Å². The molecular weight excluding hydrogens is 559 g/mol. The molecule has 4 rings (SSSR count). The quantitative estimate of drug-likeness (QED) is 0.364. The minimum atomic E-state index is -1.82. The fourth-order valence-corrected chi connectivity index (χ4v) is 4.90. The molecule has 2 aliphatic rings. The van der Waals surface area contributed by atoms with Gasteiger partial charge in [0.15, 0.2) is 6.29 Å². The van der Waals surface area contributed by atoms with E-state index in [0.717, 1.165) is 75.4 Å². The monoisotopic (exact) mass is 602 g/mol. The highest BCUT2D eigenvalue weighted by molar-refractivity contribution is 6.27. The van der Waals surface area contributed by atoms with Crippen LogP contribution in [0.3, 0.4) is 0 Å². The molecule has 0 atom stereocenters. The van der Waals surface area contributed by atoms with Crippen LogP contribution in [0.15, 0.2) is 48.5 Å². The summed E-state index contributed by atoms with van der Waals surface area (Å²) in [4.78, 5) is 36.2. The summed E-state index contributed by atoms with van der Waals surface area (Å²) in [6.45, 7) is 9.77. The third kappa shape index (κ3) is 12.3. The lowest BCUT2D eigenvalue weighted by atomic mass is 10.0. The molecule has 10 nitrogen and oxygen atoms in total. The van der Waals surface area contributed by atoms with E-state index in [2.05, 4.69) is 18.7 Å². The number of ether oxygens (including phenoxy) is 3. The molecule has 0 aliphatic carbocycles. The van der Waals surface area contributed by atoms with Crippen molar-refractivity contribution in [2.75, 3.05) is 39.5 Å². The number of piperidine rings is 1. The lowest BCUT2D eigenvalue weighted by Crippen LogP contribution is -2.48. The first-order valence-electron chi connectivity index (χ1n) is 14.8. The number of carbonyl (C=O) groups excluding carboxylic acids is 1. The minimum absolute atomic E-state index is 0.0924. The van der Waals surface area contributed by atoms with E-state index >= 15 is 0 Å². The van der Waals surface area contributed by atoms with E-state index in [1.165, 1.54) is 12.1 Å². The maximum atomic E-state index is 13.6. The van der Waals surface area contributed by atoms with Gasteiger partial charge in [0.25, 0.3) is 0 Å². The molecule has 0 bridgehead atoms. The molecule has 0 aromatic heterocycles. The predicted molar refractivity (Wildman–Crippen MR) is 157 cm³/mol. The van der Waals surface area contributed by atoms with Gasteiger partial charge in [0, 0.05) is 38.6 Å². The van der Waals surface area contributed by atoms with Gasteiger partial charge in [-0.2, -0.15) is 0 Å². The summed E-state index contributed by atoms with van der Waals surface area (Å²) >= 11 is 0. The lowest BCUT2D eigenvalue weighted by Gasteiger charge is -2.39. The number of hydrogen-bond donors (Lipinski definition) is 2. The smallest absolute Gasteiger partial charge is 0.414 e. The summed E-state index contributed by atoms with van der Waals surface area (Å²) in [5.41, 5.74) is 1.91. The lowest BCUT2D eigenvalue weighted by molar-refractivity contribution is -0.183. The van der Waals surface area contributed by atoms with Crippen LogP contribution in [0.5, 0.6) is 5.75 Å². The molecule has 0 unspecified atom stereocenters. The van der Waals surface area contributed by atoms with Crippen LogP contribution < -0.4 is 4.74 Å². The normalized spacial score (nSPS) is 16.3. The number of carboxylic acids is 2. The van der Waals surface area contributed by atoms with Crippen molar-refractivity contribution in [2.24, 2.45) is 5.92 Å². The molecule has 11 heteroatoms. The Labute approximate surface area is 252 Å². The number of likely N-dealkylation sites (tertiary alicyclic amines) is 1. The van der Waals surface area contributed by atoms with Crippen LogP contribution in [0.1, 0.15) is 50.7 Å². The highest BCUT2D eigenvalue weighted by atomic mass is 19.1. The average molecular weight is 603 g/mol. The Kier molecular flexibility index (Phi) is 13.9. The molecule has 2 aromatic carbocycles. The third-order valence-electron chi connectivity index (χ3n) is 7.21. The van der Waals surface area contributed by atoms with Crippen LogP contribution in [-0.2, 0) is 36.8 Å². The zero-order valence-electron chi connectivity index (χ0n) is 25.0. The highest BCUT2D eigenvalue weighted by Crippen LogP contribution is 2.22. The topological polar surface area (TPSA) is 126 Å². The fraction of sp³-hybridized carbons (Fsp3) is 0.531. The molecule has 2 fully saturated rings. The van der Waals surface area contributed by atoms with Gasteiger partial charge in [-0.05, 0) is 60.6 Å². The van der Waals surface area contributed by atoms with Gasteiger partial charge < -0.3 is 34.2 Å². The van der Waals surface area contributed by atoms with Gasteiger partial charge in [0.2, 0.25) is 5.91 Å². The number of nitrogens with zero attached hydrogens (tertiary/aromatic N) is 2. The summed E-state index contributed by atoms with van der Waals surface area (Å²) in [7, 11) is 0. The van der Waals surface area contributed by atoms with Crippen LogP contribution in [-0.4, -0.2) is 89.6 Å². The molecule has 43 heavy (non-hydrogen) atoms. The van der Waals surface area contributed by atoms with Crippen molar-refractivity contribution in [3.05, 3.63) is 65.5 Å². The molecule has 2 heterocycles. The Morgan fingerprint density at radius 3 is 2.09 bits per heavy atom. The summed E-state index contributed by atoms with van der Waals surface area (Å²) in [5, 5.41) is 14.8. The molecule has 2 aliphatic heterocycles. The van der Waals surface area contributed by atoms with Gasteiger partial charge in [-0.25, -0.2) is 14.0 Å². The largest absolute Gasteiger partial charge is 0.493 e. The van der Waals surface area contributed by atoms with Gasteiger partial charge in [0.1, 0.15) is 11.6 Å². The number of halogens is 1. The maximum Gasteiger partial charge on any atom is 0.414 e. The summed E-state index contributed by atoms with van der Waals surface area (Å²) in [5.74, 6) is -2.53. The first-order chi connectivity index (χ1) is 20.6. The summed E-state index contributed by atoms with van der Waals surface area (Å²) in [6.07, 6.45) is 3.92. The summed E-state index contributed by atoms with van der Waals surface area (Å²) in [6, 6.07) is 14.5. The fourth-order valence-electron chi connectivity index (χ4n) is 4.90. The van der Waals surface area contributed by atoms with Crippen molar-refractivity contribution in [2.45, 2.75) is 64.8 Å². The number of carboxylic acid groups (broad SMARTS) is 2. The summed E-state index contributed by atoms with van der Waals surface area (Å²) < 4.78 is 30.6. The van der Waals surface area contributed by atoms with Crippen molar-refractivity contribution in [3.63, 3.8) is 0 Å². The molecule has 236 valence electrons. The second-order valence-corrected chi connectivity index (χ2v) is 11.2. The highest BCUT2D eigenvalue weighted by Gasteiger charge is 2.29. The Hall–Kier alpha value is -3.54. The van der Waals surface area contributed by atoms with E-state index < -0.39 is 11.9 Å². The Morgan fingerprint density at radius 1 is 0.953 bits per heavy atom. The van der Waals surface area contributed by atoms with Crippen LogP contribution >= 0.6 is 0 Å². The van der Waals surface area contributed by atoms with E-state index in [0.29, 0.717) is 25.5 Å². The van der Waals surface area contributed by atoms with Gasteiger partial charge in [-0.3, -0.25) is 4.79 Å². The molecule has 0 saturated carbocycles. The molecule has 2 saturated heterocycles. The van der Waals surface area contributed by atoms with Gasteiger partial charge in [0.05, 0.1) is 26.2 Å². The van der Waals surface area contributed by atoms with Crippen LogP contribution in [0.4, 0.5) is 4.39 Å². The second-order valence-electron chi connectivity index (χ2n) is 11.2. The predicted octanol–water partition coefficient (Wildman–Crippen LogP) is 4.20. The van der Waals surface area contributed by atoms with Crippen LogP contribution in [0, 0.1) is 11.7 Å². The minimum Gasteiger partial charge on any atom is -0.493 e. The Morgan fingerprint density at radius 2 is 1.53 bits per heavy atom. The van der Waals surface area contributed by atoms with Crippen molar-refractivity contribution >= 4 is 17.8 Å². The van der Waals surface area contributed by atoms with Gasteiger partial charge in [-0.15, -0.1) is 0 Å². The molecule has 1 amide bonds. The third-order valence-corrected chi connectivity index (χ3v) is 7.21. The number of hydrogen-bond acceptors (Lipinski definition) is 7. The van der Waals surface area contributed by atoms with Crippen molar-refractivity contribution in [1.82, 2.24) is 9.80 Å². The van der Waals surface area contributed by atoms with Crippen molar-refractivity contribution < 1.29 is 43.2 Å². The van der Waals surface area contributed by atoms with Crippen molar-refractivity contribution in [3.8, 4) is 5.75 Å². The first kappa shape index (κ1) is 34.0. The molecular formula is C32H43FN2O8. The Balaban J connectivity index is 0.000000765.